The molecule has 1 N–H and O–H groups in total. The number of rotatable bonds is 3. The number of benzene rings is 1. The topological polar surface area (TPSA) is 66.5 Å². The largest absolute Gasteiger partial charge is 0.355 e. The van der Waals surface area contributed by atoms with E-state index in [1.165, 1.54) is 12.1 Å². The molecule has 2 rings (SSSR count). The SMILES string of the molecule is CNC(=O)c1ccc(S(=O)(=O)N2CCCC(C)CC2)cc1. The van der Waals surface area contributed by atoms with Crippen molar-refractivity contribution in [2.45, 2.75) is 31.1 Å². The monoisotopic (exact) mass is 310 g/mol. The Hall–Kier alpha value is -1.40. The van der Waals surface area contributed by atoms with E-state index in [1.807, 2.05) is 0 Å². The summed E-state index contributed by atoms with van der Waals surface area (Å²) in [6.45, 7) is 3.30. The Labute approximate surface area is 126 Å². The zero-order valence-electron chi connectivity index (χ0n) is 12.5. The highest BCUT2D eigenvalue weighted by Gasteiger charge is 2.26. The fourth-order valence-electron chi connectivity index (χ4n) is 2.55. The molecule has 0 radical (unpaired) electrons. The number of hydrogen-bond donors (Lipinski definition) is 1. The first-order chi connectivity index (χ1) is 9.95. The summed E-state index contributed by atoms with van der Waals surface area (Å²) in [5, 5.41) is 2.52. The smallest absolute Gasteiger partial charge is 0.251 e. The van der Waals surface area contributed by atoms with Crippen LogP contribution in [-0.2, 0) is 10.0 Å². The van der Waals surface area contributed by atoms with E-state index in [2.05, 4.69) is 12.2 Å². The molecule has 116 valence electrons. The summed E-state index contributed by atoms with van der Waals surface area (Å²) in [5.41, 5.74) is 0.459. The van der Waals surface area contributed by atoms with E-state index < -0.39 is 10.0 Å². The molecule has 0 aliphatic carbocycles. The third-order valence-electron chi connectivity index (χ3n) is 3.96. The van der Waals surface area contributed by atoms with Gasteiger partial charge in [-0.15, -0.1) is 0 Å². The van der Waals surface area contributed by atoms with E-state index in [0.717, 1.165) is 19.3 Å². The van der Waals surface area contributed by atoms with E-state index in [-0.39, 0.29) is 10.8 Å². The van der Waals surface area contributed by atoms with Crippen LogP contribution in [0, 0.1) is 5.92 Å². The van der Waals surface area contributed by atoms with Gasteiger partial charge in [0, 0.05) is 25.7 Å². The number of carbonyl (C=O) groups excluding carboxylic acids is 1. The lowest BCUT2D eigenvalue weighted by molar-refractivity contribution is 0.0963. The molecular formula is C15H22N2O3S. The predicted octanol–water partition coefficient (Wildman–Crippen LogP) is 1.86. The van der Waals surface area contributed by atoms with Crippen molar-refractivity contribution in [3.8, 4) is 0 Å². The normalized spacial score (nSPS) is 20.8. The van der Waals surface area contributed by atoms with Crippen LogP contribution in [0.3, 0.4) is 0 Å². The minimum atomic E-state index is -3.46. The van der Waals surface area contributed by atoms with Crippen molar-refractivity contribution in [2.24, 2.45) is 5.92 Å². The molecule has 1 amide bonds. The van der Waals surface area contributed by atoms with E-state index in [9.17, 15) is 13.2 Å². The standard InChI is InChI=1S/C15H22N2O3S/c1-12-4-3-10-17(11-9-12)21(19,20)14-7-5-13(6-8-14)15(18)16-2/h5-8,12H,3-4,9-11H2,1-2H3,(H,16,18). The quantitative estimate of drug-likeness (QED) is 0.926. The van der Waals surface area contributed by atoms with Gasteiger partial charge < -0.3 is 5.32 Å². The maximum Gasteiger partial charge on any atom is 0.251 e. The summed E-state index contributed by atoms with van der Waals surface area (Å²) in [7, 11) is -1.91. The van der Waals surface area contributed by atoms with Crippen LogP contribution in [0.1, 0.15) is 36.5 Å². The molecule has 1 atom stereocenters. The van der Waals surface area contributed by atoms with Gasteiger partial charge in [-0.25, -0.2) is 8.42 Å². The molecule has 1 aliphatic rings. The minimum absolute atomic E-state index is 0.220. The highest BCUT2D eigenvalue weighted by Crippen LogP contribution is 2.23. The van der Waals surface area contributed by atoms with Crippen molar-refractivity contribution in [3.05, 3.63) is 29.8 Å². The Morgan fingerprint density at radius 1 is 1.19 bits per heavy atom. The van der Waals surface area contributed by atoms with Crippen LogP contribution in [0.2, 0.25) is 0 Å². The lowest BCUT2D eigenvalue weighted by Crippen LogP contribution is -2.32. The molecular weight excluding hydrogens is 288 g/mol. The fraction of sp³-hybridized carbons (Fsp3) is 0.533. The molecule has 1 heterocycles. The van der Waals surface area contributed by atoms with Crippen LogP contribution in [0.25, 0.3) is 0 Å². The molecule has 1 aromatic carbocycles. The van der Waals surface area contributed by atoms with Gasteiger partial charge in [-0.1, -0.05) is 6.92 Å². The summed E-state index contributed by atoms with van der Waals surface area (Å²) in [6.07, 6.45) is 2.87. The number of nitrogens with zero attached hydrogens (tertiary/aromatic N) is 1. The van der Waals surface area contributed by atoms with E-state index in [1.54, 1.807) is 23.5 Å². The predicted molar refractivity (Wildman–Crippen MR) is 81.6 cm³/mol. The van der Waals surface area contributed by atoms with Gasteiger partial charge in [0.05, 0.1) is 4.90 Å². The summed E-state index contributed by atoms with van der Waals surface area (Å²) in [6, 6.07) is 6.11. The molecule has 0 saturated carbocycles. The third-order valence-corrected chi connectivity index (χ3v) is 5.87. The average Bonchev–Trinajstić information content (AvgIpc) is 2.71. The Morgan fingerprint density at radius 3 is 2.48 bits per heavy atom. The second kappa shape index (κ2) is 6.58. The lowest BCUT2D eigenvalue weighted by Gasteiger charge is -2.20. The first-order valence-corrected chi connectivity index (χ1v) is 8.71. The van der Waals surface area contributed by atoms with Crippen molar-refractivity contribution in [1.82, 2.24) is 9.62 Å². The molecule has 1 aliphatic heterocycles. The fourth-order valence-corrected chi connectivity index (χ4v) is 4.04. The summed E-state index contributed by atoms with van der Waals surface area (Å²) < 4.78 is 26.8. The molecule has 1 fully saturated rings. The lowest BCUT2D eigenvalue weighted by atomic mass is 10.0. The molecule has 21 heavy (non-hydrogen) atoms. The van der Waals surface area contributed by atoms with Crippen molar-refractivity contribution in [1.29, 1.82) is 0 Å². The van der Waals surface area contributed by atoms with Gasteiger partial charge in [0.25, 0.3) is 5.91 Å². The Balaban J connectivity index is 2.21. The van der Waals surface area contributed by atoms with E-state index in [0.29, 0.717) is 24.6 Å². The maximum atomic E-state index is 12.6. The summed E-state index contributed by atoms with van der Waals surface area (Å²) in [4.78, 5) is 11.7. The van der Waals surface area contributed by atoms with Gasteiger partial charge in [0.1, 0.15) is 0 Å². The zero-order valence-corrected chi connectivity index (χ0v) is 13.3. The van der Waals surface area contributed by atoms with Crippen molar-refractivity contribution < 1.29 is 13.2 Å². The van der Waals surface area contributed by atoms with Crippen LogP contribution in [0.4, 0.5) is 0 Å². The number of hydrogen-bond acceptors (Lipinski definition) is 3. The molecule has 0 spiro atoms. The van der Waals surface area contributed by atoms with Crippen molar-refractivity contribution >= 4 is 15.9 Å². The molecule has 5 nitrogen and oxygen atoms in total. The Bertz CT molecular complexity index is 596. The van der Waals surface area contributed by atoms with Crippen LogP contribution in [0.5, 0.6) is 0 Å². The first-order valence-electron chi connectivity index (χ1n) is 7.27. The number of amides is 1. The molecule has 1 saturated heterocycles. The van der Waals surface area contributed by atoms with Gasteiger partial charge in [-0.3, -0.25) is 4.79 Å². The molecule has 6 heteroatoms. The average molecular weight is 310 g/mol. The Morgan fingerprint density at radius 2 is 1.86 bits per heavy atom. The van der Waals surface area contributed by atoms with E-state index >= 15 is 0 Å². The number of carbonyl (C=O) groups is 1. The van der Waals surface area contributed by atoms with Crippen LogP contribution in [0.15, 0.2) is 29.2 Å². The maximum absolute atomic E-state index is 12.6. The first kappa shape index (κ1) is 16.0. The van der Waals surface area contributed by atoms with Gasteiger partial charge in [-0.2, -0.15) is 4.31 Å². The van der Waals surface area contributed by atoms with E-state index in [4.69, 9.17) is 0 Å². The summed E-state index contributed by atoms with van der Waals surface area (Å²) in [5.74, 6) is 0.350. The molecule has 1 aromatic rings. The van der Waals surface area contributed by atoms with Gasteiger partial charge in [-0.05, 0) is 49.4 Å². The zero-order chi connectivity index (χ0) is 15.5. The number of nitrogens with one attached hydrogen (secondary N) is 1. The second-order valence-corrected chi connectivity index (χ2v) is 7.48. The second-order valence-electron chi connectivity index (χ2n) is 5.54. The van der Waals surface area contributed by atoms with Crippen molar-refractivity contribution in [2.75, 3.05) is 20.1 Å². The highest BCUT2D eigenvalue weighted by molar-refractivity contribution is 7.89. The van der Waals surface area contributed by atoms with Gasteiger partial charge in [0.2, 0.25) is 10.0 Å². The number of sulfonamides is 1. The van der Waals surface area contributed by atoms with Crippen LogP contribution >= 0.6 is 0 Å². The molecule has 1 unspecified atom stereocenters. The summed E-state index contributed by atoms with van der Waals surface area (Å²) >= 11 is 0. The van der Waals surface area contributed by atoms with Crippen LogP contribution in [-0.4, -0.2) is 38.8 Å². The van der Waals surface area contributed by atoms with Gasteiger partial charge >= 0.3 is 0 Å². The molecule has 0 bridgehead atoms. The minimum Gasteiger partial charge on any atom is -0.355 e. The van der Waals surface area contributed by atoms with Crippen LogP contribution < -0.4 is 5.32 Å². The highest BCUT2D eigenvalue weighted by atomic mass is 32.2. The van der Waals surface area contributed by atoms with Crippen molar-refractivity contribution in [3.63, 3.8) is 0 Å². The molecule has 0 aromatic heterocycles. The third kappa shape index (κ3) is 3.63. The van der Waals surface area contributed by atoms with Gasteiger partial charge in [0.15, 0.2) is 0 Å². The Kier molecular flexibility index (Phi) is 5.00.